The van der Waals surface area contributed by atoms with Crippen LogP contribution in [0.15, 0.2) is 30.3 Å². The molecule has 0 unspecified atom stereocenters. The molecule has 0 aliphatic carbocycles. The van der Waals surface area contributed by atoms with E-state index in [9.17, 15) is 24.3 Å². The number of ketones is 1. The van der Waals surface area contributed by atoms with E-state index in [4.69, 9.17) is 9.47 Å². The summed E-state index contributed by atoms with van der Waals surface area (Å²) in [6.45, 7) is 3.35. The predicted octanol–water partition coefficient (Wildman–Crippen LogP) is 2.31. The average Bonchev–Trinajstić information content (AvgIpc) is 3.11. The number of hydrogen-bond acceptors (Lipinski definition) is 8. The molecule has 1 aliphatic heterocycles. The molecule has 0 saturated heterocycles. The minimum atomic E-state index is -0.540. The second-order valence-electron chi connectivity index (χ2n) is 7.32. The molecule has 1 heterocycles. The quantitative estimate of drug-likeness (QED) is 0.291. The SMILES string of the molecule is CCOC(=O)COc1cc(O)c(C(=O)CN2Cc3cc(C(=O)NS)ccc3C2=O)cc1CC. The number of nitrogens with one attached hydrogen (secondary N) is 1. The molecule has 0 saturated carbocycles. The number of rotatable bonds is 9. The van der Waals surface area contributed by atoms with E-state index in [1.807, 2.05) is 6.92 Å². The highest BCUT2D eigenvalue weighted by atomic mass is 32.1. The summed E-state index contributed by atoms with van der Waals surface area (Å²) in [4.78, 5) is 50.3. The standard InChI is InChI=1S/C23H24N2O7S/c1-3-13-8-17(18(26)9-20(13)32-12-21(28)31-4-2)19(27)11-25-10-15-7-14(22(29)24-33)5-6-16(15)23(25)30/h5-9,26,33H,3-4,10-12H2,1-2H3,(H,24,29). The highest BCUT2D eigenvalue weighted by Gasteiger charge is 2.30. The lowest BCUT2D eigenvalue weighted by molar-refractivity contribution is -0.145. The summed E-state index contributed by atoms with van der Waals surface area (Å²) >= 11 is 3.74. The van der Waals surface area contributed by atoms with Crippen molar-refractivity contribution in [1.82, 2.24) is 9.62 Å². The van der Waals surface area contributed by atoms with Crippen molar-refractivity contribution < 1.29 is 33.8 Å². The fraction of sp³-hybridized carbons (Fsp3) is 0.304. The summed E-state index contributed by atoms with van der Waals surface area (Å²) < 4.78 is 12.5. The first kappa shape index (κ1) is 24.1. The Hall–Kier alpha value is -3.53. The lowest BCUT2D eigenvalue weighted by atomic mass is 10.0. The molecule has 1 aliphatic rings. The molecule has 2 amide bonds. The van der Waals surface area contributed by atoms with Crippen LogP contribution < -0.4 is 9.46 Å². The number of nitrogens with zero attached hydrogens (tertiary/aromatic N) is 1. The number of esters is 1. The van der Waals surface area contributed by atoms with Crippen LogP contribution in [-0.4, -0.2) is 53.3 Å². The second kappa shape index (κ2) is 10.4. The van der Waals surface area contributed by atoms with Crippen LogP contribution in [0.2, 0.25) is 0 Å². The number of carbonyl (C=O) groups is 4. The van der Waals surface area contributed by atoms with Gasteiger partial charge in [-0.05, 0) is 48.7 Å². The number of aromatic hydroxyl groups is 1. The van der Waals surface area contributed by atoms with Gasteiger partial charge in [0.1, 0.15) is 11.5 Å². The maximum absolute atomic E-state index is 12.9. The van der Waals surface area contributed by atoms with E-state index in [0.717, 1.165) is 0 Å². The Bertz CT molecular complexity index is 1120. The van der Waals surface area contributed by atoms with Crippen molar-refractivity contribution in [3.8, 4) is 11.5 Å². The molecule has 0 spiro atoms. The van der Waals surface area contributed by atoms with Crippen LogP contribution in [0.1, 0.15) is 56.0 Å². The van der Waals surface area contributed by atoms with Crippen molar-refractivity contribution >= 4 is 36.4 Å². The number of fused-ring (bicyclic) bond motifs is 1. The van der Waals surface area contributed by atoms with Gasteiger partial charge >= 0.3 is 5.97 Å². The van der Waals surface area contributed by atoms with Crippen LogP contribution >= 0.6 is 12.8 Å². The Labute approximate surface area is 196 Å². The van der Waals surface area contributed by atoms with Gasteiger partial charge in [0.15, 0.2) is 12.4 Å². The molecule has 33 heavy (non-hydrogen) atoms. The van der Waals surface area contributed by atoms with Crippen molar-refractivity contribution in [3.05, 3.63) is 58.1 Å². The van der Waals surface area contributed by atoms with Crippen molar-refractivity contribution in [2.75, 3.05) is 19.8 Å². The zero-order valence-electron chi connectivity index (χ0n) is 18.2. The van der Waals surface area contributed by atoms with Gasteiger partial charge in [-0.3, -0.25) is 19.1 Å². The molecule has 10 heteroatoms. The van der Waals surface area contributed by atoms with Gasteiger partial charge in [0.2, 0.25) is 0 Å². The lowest BCUT2D eigenvalue weighted by Gasteiger charge is -2.17. The van der Waals surface area contributed by atoms with E-state index in [-0.39, 0.29) is 49.3 Å². The number of phenolic OH excluding ortho intramolecular Hbond substituents is 1. The molecule has 0 atom stereocenters. The Morgan fingerprint density at radius 1 is 1.18 bits per heavy atom. The Kier molecular flexibility index (Phi) is 7.59. The number of phenols is 1. The number of amides is 2. The molecule has 2 N–H and O–H groups in total. The Morgan fingerprint density at radius 3 is 2.61 bits per heavy atom. The molecule has 0 aromatic heterocycles. The lowest BCUT2D eigenvalue weighted by Crippen LogP contribution is -2.30. The fourth-order valence-electron chi connectivity index (χ4n) is 3.56. The van der Waals surface area contributed by atoms with E-state index in [2.05, 4.69) is 17.5 Å². The summed E-state index contributed by atoms with van der Waals surface area (Å²) in [6.07, 6.45) is 0.489. The van der Waals surface area contributed by atoms with E-state index < -0.39 is 17.7 Å². The molecular formula is C23H24N2O7S. The largest absolute Gasteiger partial charge is 0.507 e. The minimum Gasteiger partial charge on any atom is -0.507 e. The topological polar surface area (TPSA) is 122 Å². The maximum Gasteiger partial charge on any atom is 0.344 e. The van der Waals surface area contributed by atoms with Gasteiger partial charge in [-0.15, -0.1) is 0 Å². The third kappa shape index (κ3) is 5.28. The minimum absolute atomic E-state index is 0.0502. The van der Waals surface area contributed by atoms with Crippen LogP contribution in [0, 0.1) is 0 Å². The number of carbonyl (C=O) groups excluding carboxylic acids is 4. The maximum atomic E-state index is 12.9. The predicted molar refractivity (Wildman–Crippen MR) is 122 cm³/mol. The second-order valence-corrected chi connectivity index (χ2v) is 7.55. The summed E-state index contributed by atoms with van der Waals surface area (Å²) in [5.74, 6) is -1.76. The molecule has 0 fully saturated rings. The van der Waals surface area contributed by atoms with Crippen LogP contribution in [0.25, 0.3) is 0 Å². The molecule has 2 aromatic carbocycles. The highest BCUT2D eigenvalue weighted by molar-refractivity contribution is 7.78. The van der Waals surface area contributed by atoms with Crippen molar-refractivity contribution in [2.45, 2.75) is 26.8 Å². The molecule has 0 radical (unpaired) electrons. The molecule has 0 bridgehead atoms. The number of thiol groups is 1. The summed E-state index contributed by atoms with van der Waals surface area (Å²) in [5, 5.41) is 10.4. The Morgan fingerprint density at radius 2 is 1.94 bits per heavy atom. The number of benzene rings is 2. The first-order valence-corrected chi connectivity index (χ1v) is 10.8. The fourth-order valence-corrected chi connectivity index (χ4v) is 3.69. The highest BCUT2D eigenvalue weighted by Crippen LogP contribution is 2.31. The molecule has 3 rings (SSSR count). The van der Waals surface area contributed by atoms with Gasteiger partial charge in [0.25, 0.3) is 11.8 Å². The van der Waals surface area contributed by atoms with E-state index in [1.165, 1.54) is 23.1 Å². The monoisotopic (exact) mass is 472 g/mol. The smallest absolute Gasteiger partial charge is 0.344 e. The normalized spacial score (nSPS) is 12.3. The molecule has 2 aromatic rings. The molecule has 174 valence electrons. The van der Waals surface area contributed by atoms with Crippen LogP contribution in [0.5, 0.6) is 11.5 Å². The van der Waals surface area contributed by atoms with Gasteiger partial charge in [-0.1, -0.05) is 19.7 Å². The number of hydrogen-bond donors (Lipinski definition) is 3. The zero-order chi connectivity index (χ0) is 24.1. The van der Waals surface area contributed by atoms with Gasteiger partial charge in [0, 0.05) is 23.7 Å². The van der Waals surface area contributed by atoms with Crippen LogP contribution in [0.3, 0.4) is 0 Å². The van der Waals surface area contributed by atoms with Crippen LogP contribution in [0.4, 0.5) is 0 Å². The summed E-state index contributed by atoms with van der Waals surface area (Å²) in [7, 11) is 0. The molecular weight excluding hydrogens is 448 g/mol. The third-order valence-electron chi connectivity index (χ3n) is 5.19. The first-order valence-electron chi connectivity index (χ1n) is 10.3. The third-order valence-corrected chi connectivity index (χ3v) is 5.40. The first-order chi connectivity index (χ1) is 15.8. The number of aryl methyl sites for hydroxylation is 1. The van der Waals surface area contributed by atoms with Gasteiger partial charge in [-0.25, -0.2) is 4.79 Å². The number of ether oxygens (including phenoxy) is 2. The van der Waals surface area contributed by atoms with Gasteiger partial charge < -0.3 is 19.5 Å². The average molecular weight is 473 g/mol. The van der Waals surface area contributed by atoms with Gasteiger partial charge in [0.05, 0.1) is 18.7 Å². The molecule has 9 nitrogen and oxygen atoms in total. The summed E-state index contributed by atoms with van der Waals surface area (Å²) in [6, 6.07) is 7.44. The zero-order valence-corrected chi connectivity index (χ0v) is 19.1. The van der Waals surface area contributed by atoms with Crippen molar-refractivity contribution in [3.63, 3.8) is 0 Å². The van der Waals surface area contributed by atoms with E-state index >= 15 is 0 Å². The van der Waals surface area contributed by atoms with E-state index in [1.54, 1.807) is 19.1 Å². The van der Waals surface area contributed by atoms with Crippen molar-refractivity contribution in [1.29, 1.82) is 0 Å². The van der Waals surface area contributed by atoms with Gasteiger partial charge in [-0.2, -0.15) is 0 Å². The number of Topliss-reactive ketones (excluding diaryl/α,β-unsaturated/α-hetero) is 1. The Balaban J connectivity index is 1.75. The van der Waals surface area contributed by atoms with Crippen molar-refractivity contribution in [2.24, 2.45) is 0 Å². The van der Waals surface area contributed by atoms with E-state index in [0.29, 0.717) is 28.7 Å². The van der Waals surface area contributed by atoms with Crippen LogP contribution in [-0.2, 0) is 22.5 Å². The summed E-state index contributed by atoms with van der Waals surface area (Å²) in [5.41, 5.74) is 2.07.